The number of nitrogens with zero attached hydrogens (tertiary/aromatic N) is 4. The highest BCUT2D eigenvalue weighted by atomic mass is 16.5. The highest BCUT2D eigenvalue weighted by molar-refractivity contribution is 5.95. The Morgan fingerprint density at radius 2 is 2.11 bits per heavy atom. The van der Waals surface area contributed by atoms with Crippen molar-refractivity contribution in [2.24, 2.45) is 5.10 Å². The van der Waals surface area contributed by atoms with E-state index in [9.17, 15) is 0 Å². The molecule has 0 aliphatic carbocycles. The van der Waals surface area contributed by atoms with E-state index in [1.807, 2.05) is 30.7 Å². The molecule has 1 atom stereocenters. The van der Waals surface area contributed by atoms with E-state index in [2.05, 4.69) is 26.6 Å². The summed E-state index contributed by atoms with van der Waals surface area (Å²) in [5.41, 5.74) is 5.28. The van der Waals surface area contributed by atoms with E-state index < -0.39 is 0 Å². The standard InChI is InChI=1S/C13H19N5O/c1-10-9-11(2)18(16-10)13-4-3-12(14-15-13)17-5-7-19-8-6-17/h3-4,9,12,14H,5-8H2,1-2H3/t12-/m0/s1. The van der Waals surface area contributed by atoms with Crippen molar-refractivity contribution in [1.29, 1.82) is 0 Å². The molecular weight excluding hydrogens is 242 g/mol. The third-order valence-electron chi connectivity index (χ3n) is 3.40. The normalized spacial score (nSPS) is 24.1. The number of aryl methyl sites for hydroxylation is 2. The van der Waals surface area contributed by atoms with Gasteiger partial charge in [0.05, 0.1) is 18.9 Å². The molecule has 1 fully saturated rings. The molecule has 1 N–H and O–H groups in total. The molecule has 0 bridgehead atoms. The number of rotatable bonds is 1. The van der Waals surface area contributed by atoms with Crippen molar-refractivity contribution in [1.82, 2.24) is 20.1 Å². The maximum Gasteiger partial charge on any atom is 0.172 e. The van der Waals surface area contributed by atoms with E-state index in [-0.39, 0.29) is 6.17 Å². The van der Waals surface area contributed by atoms with Gasteiger partial charge in [0.25, 0.3) is 0 Å². The summed E-state index contributed by atoms with van der Waals surface area (Å²) in [5, 5.41) is 8.86. The van der Waals surface area contributed by atoms with Crippen LogP contribution in [0.3, 0.4) is 0 Å². The Bertz CT molecular complexity index is 513. The van der Waals surface area contributed by atoms with Crippen molar-refractivity contribution in [3.63, 3.8) is 0 Å². The van der Waals surface area contributed by atoms with Crippen molar-refractivity contribution >= 4 is 5.84 Å². The van der Waals surface area contributed by atoms with Crippen LogP contribution >= 0.6 is 0 Å². The van der Waals surface area contributed by atoms with Gasteiger partial charge < -0.3 is 4.74 Å². The average Bonchev–Trinajstić information content (AvgIpc) is 2.79. The predicted molar refractivity (Wildman–Crippen MR) is 73.0 cm³/mol. The Labute approximate surface area is 112 Å². The van der Waals surface area contributed by atoms with E-state index in [0.717, 1.165) is 43.5 Å². The first-order valence-electron chi connectivity index (χ1n) is 6.61. The molecule has 1 saturated heterocycles. The minimum atomic E-state index is 0.157. The number of allylic oxidation sites excluding steroid dienone is 1. The zero-order valence-electron chi connectivity index (χ0n) is 11.3. The summed E-state index contributed by atoms with van der Waals surface area (Å²) in [6.07, 6.45) is 4.31. The van der Waals surface area contributed by atoms with Gasteiger partial charge in [0, 0.05) is 18.8 Å². The van der Waals surface area contributed by atoms with E-state index in [1.165, 1.54) is 0 Å². The number of hydrogen-bond donors (Lipinski definition) is 1. The molecule has 0 radical (unpaired) electrons. The molecule has 19 heavy (non-hydrogen) atoms. The number of hydrogen-bond acceptors (Lipinski definition) is 5. The van der Waals surface area contributed by atoms with E-state index in [0.29, 0.717) is 0 Å². The second kappa shape index (κ2) is 5.14. The fourth-order valence-corrected chi connectivity index (χ4v) is 2.43. The summed E-state index contributed by atoms with van der Waals surface area (Å²) >= 11 is 0. The lowest BCUT2D eigenvalue weighted by molar-refractivity contribution is 0.0194. The number of nitrogens with one attached hydrogen (secondary N) is 1. The number of morpholine rings is 1. The van der Waals surface area contributed by atoms with Crippen LogP contribution in [-0.4, -0.2) is 53.0 Å². The third kappa shape index (κ3) is 2.54. The number of ether oxygens (including phenoxy) is 1. The second-order valence-corrected chi connectivity index (χ2v) is 4.89. The van der Waals surface area contributed by atoms with Crippen LogP contribution in [0.1, 0.15) is 11.4 Å². The monoisotopic (exact) mass is 261 g/mol. The van der Waals surface area contributed by atoms with Crippen molar-refractivity contribution in [2.75, 3.05) is 26.3 Å². The SMILES string of the molecule is Cc1cc(C)n(C2=NN[C@@H](N3CCOCC3)C=C2)n1. The van der Waals surface area contributed by atoms with Crippen molar-refractivity contribution in [2.45, 2.75) is 20.0 Å². The molecule has 0 unspecified atom stereocenters. The Hall–Kier alpha value is -1.66. The summed E-state index contributed by atoms with van der Waals surface area (Å²) in [5.74, 6) is 0.829. The smallest absolute Gasteiger partial charge is 0.172 e. The van der Waals surface area contributed by atoms with Gasteiger partial charge in [0.2, 0.25) is 0 Å². The molecule has 1 aromatic rings. The fourth-order valence-electron chi connectivity index (χ4n) is 2.43. The molecule has 0 spiro atoms. The fraction of sp³-hybridized carbons (Fsp3) is 0.538. The van der Waals surface area contributed by atoms with Crippen molar-refractivity contribution in [3.05, 3.63) is 29.6 Å². The largest absolute Gasteiger partial charge is 0.379 e. The molecule has 6 nitrogen and oxygen atoms in total. The first-order chi connectivity index (χ1) is 9.24. The summed E-state index contributed by atoms with van der Waals surface area (Å²) in [6.45, 7) is 7.48. The van der Waals surface area contributed by atoms with Gasteiger partial charge >= 0.3 is 0 Å². The Morgan fingerprint density at radius 3 is 2.68 bits per heavy atom. The minimum absolute atomic E-state index is 0.157. The Kier molecular flexibility index (Phi) is 3.35. The molecule has 6 heteroatoms. The van der Waals surface area contributed by atoms with Gasteiger partial charge in [-0.25, -0.2) is 4.68 Å². The zero-order valence-corrected chi connectivity index (χ0v) is 11.3. The second-order valence-electron chi connectivity index (χ2n) is 4.89. The maximum atomic E-state index is 5.36. The molecule has 0 aromatic carbocycles. The third-order valence-corrected chi connectivity index (χ3v) is 3.40. The summed E-state index contributed by atoms with van der Waals surface area (Å²) in [4.78, 5) is 2.32. The molecule has 3 heterocycles. The van der Waals surface area contributed by atoms with Crippen LogP contribution in [0.15, 0.2) is 23.3 Å². The first kappa shape index (κ1) is 12.4. The quantitative estimate of drug-likeness (QED) is 0.799. The molecule has 0 amide bonds. The van der Waals surface area contributed by atoms with Crippen LogP contribution in [0, 0.1) is 13.8 Å². The maximum absolute atomic E-state index is 5.36. The molecule has 3 rings (SSSR count). The van der Waals surface area contributed by atoms with Crippen LogP contribution < -0.4 is 5.43 Å². The zero-order chi connectivity index (χ0) is 13.2. The van der Waals surface area contributed by atoms with Crippen molar-refractivity contribution in [3.8, 4) is 0 Å². The lowest BCUT2D eigenvalue weighted by Crippen LogP contribution is -2.49. The van der Waals surface area contributed by atoms with E-state index in [1.54, 1.807) is 0 Å². The van der Waals surface area contributed by atoms with Gasteiger partial charge in [0.15, 0.2) is 5.84 Å². The highest BCUT2D eigenvalue weighted by Crippen LogP contribution is 2.09. The van der Waals surface area contributed by atoms with E-state index in [4.69, 9.17) is 4.74 Å². The van der Waals surface area contributed by atoms with Gasteiger partial charge in [-0.3, -0.25) is 10.3 Å². The molecule has 2 aliphatic heterocycles. The summed E-state index contributed by atoms with van der Waals surface area (Å²) in [7, 11) is 0. The van der Waals surface area contributed by atoms with Crippen molar-refractivity contribution < 1.29 is 4.74 Å². The minimum Gasteiger partial charge on any atom is -0.379 e. The highest BCUT2D eigenvalue weighted by Gasteiger charge is 2.21. The lowest BCUT2D eigenvalue weighted by Gasteiger charge is -2.33. The van der Waals surface area contributed by atoms with Gasteiger partial charge in [-0.05, 0) is 32.1 Å². The van der Waals surface area contributed by atoms with Crippen LogP contribution in [0.2, 0.25) is 0 Å². The van der Waals surface area contributed by atoms with E-state index >= 15 is 0 Å². The molecule has 102 valence electrons. The average molecular weight is 261 g/mol. The Morgan fingerprint density at radius 1 is 1.32 bits per heavy atom. The molecule has 0 saturated carbocycles. The first-order valence-corrected chi connectivity index (χ1v) is 6.61. The summed E-state index contributed by atoms with van der Waals surface area (Å²) < 4.78 is 7.21. The van der Waals surface area contributed by atoms with Gasteiger partial charge in [-0.15, -0.1) is 0 Å². The molecule has 1 aromatic heterocycles. The van der Waals surface area contributed by atoms with Crippen LogP contribution in [0.5, 0.6) is 0 Å². The lowest BCUT2D eigenvalue weighted by atomic mass is 10.3. The van der Waals surface area contributed by atoms with Crippen LogP contribution in [0.4, 0.5) is 0 Å². The van der Waals surface area contributed by atoms with Gasteiger partial charge in [-0.2, -0.15) is 10.2 Å². The molecular formula is C13H19N5O. The number of aromatic nitrogens is 2. The number of hydrazone groups is 1. The predicted octanol–water partition coefficient (Wildman–Crippen LogP) is 0.479. The Balaban J connectivity index is 1.70. The van der Waals surface area contributed by atoms with Gasteiger partial charge in [-0.1, -0.05) is 0 Å². The van der Waals surface area contributed by atoms with Crippen LogP contribution in [-0.2, 0) is 4.74 Å². The molecule has 2 aliphatic rings. The van der Waals surface area contributed by atoms with Crippen LogP contribution in [0.25, 0.3) is 0 Å². The van der Waals surface area contributed by atoms with Gasteiger partial charge in [0.1, 0.15) is 6.17 Å². The summed E-state index contributed by atoms with van der Waals surface area (Å²) in [6, 6.07) is 2.05. The topological polar surface area (TPSA) is 54.7 Å².